The van der Waals surface area contributed by atoms with Crippen molar-refractivity contribution in [3.8, 4) is 5.75 Å². The van der Waals surface area contributed by atoms with E-state index < -0.39 is 5.97 Å². The maximum absolute atomic E-state index is 11.3. The zero-order chi connectivity index (χ0) is 20.8. The Bertz CT molecular complexity index is 1090. The number of aryl methyl sites for hydroxylation is 1. The number of hydrogen-bond acceptors (Lipinski definition) is 4. The predicted octanol–water partition coefficient (Wildman–Crippen LogP) is 3.81. The van der Waals surface area contributed by atoms with E-state index in [1.807, 2.05) is 18.3 Å². The van der Waals surface area contributed by atoms with E-state index in [0.717, 1.165) is 37.4 Å². The Kier molecular flexibility index (Phi) is 4.76. The highest BCUT2D eigenvalue weighted by atomic mass is 16.5. The highest BCUT2D eigenvalue weighted by molar-refractivity contribution is 5.88. The average Bonchev–Trinajstić information content (AvgIpc) is 3.22. The van der Waals surface area contributed by atoms with Gasteiger partial charge in [-0.25, -0.2) is 4.79 Å². The van der Waals surface area contributed by atoms with Gasteiger partial charge in [-0.1, -0.05) is 12.1 Å². The van der Waals surface area contributed by atoms with Crippen LogP contribution >= 0.6 is 0 Å². The Morgan fingerprint density at radius 3 is 2.70 bits per heavy atom. The van der Waals surface area contributed by atoms with E-state index in [-0.39, 0.29) is 6.04 Å². The maximum atomic E-state index is 11.3. The molecule has 2 saturated heterocycles. The first-order valence-electron chi connectivity index (χ1n) is 10.5. The van der Waals surface area contributed by atoms with Gasteiger partial charge in [-0.2, -0.15) is 0 Å². The van der Waals surface area contributed by atoms with Crippen LogP contribution in [-0.2, 0) is 6.54 Å². The van der Waals surface area contributed by atoms with Gasteiger partial charge in [0.15, 0.2) is 0 Å². The minimum absolute atomic E-state index is 0.226. The highest BCUT2D eigenvalue weighted by Gasteiger charge is 2.39. The maximum Gasteiger partial charge on any atom is 0.335 e. The lowest BCUT2D eigenvalue weighted by molar-refractivity contribution is -0.0331. The Balaban J connectivity index is 1.51. The van der Waals surface area contributed by atoms with Crippen molar-refractivity contribution in [2.45, 2.75) is 32.0 Å². The van der Waals surface area contributed by atoms with Gasteiger partial charge in [0, 0.05) is 60.9 Å². The Morgan fingerprint density at radius 2 is 2.03 bits per heavy atom. The van der Waals surface area contributed by atoms with Gasteiger partial charge in [0.05, 0.1) is 12.7 Å². The van der Waals surface area contributed by atoms with Gasteiger partial charge in [-0.15, -0.1) is 0 Å². The summed E-state index contributed by atoms with van der Waals surface area (Å²) in [5.74, 6) is 0.0414. The Hall–Kier alpha value is -2.83. The molecular weight excluding hydrogens is 378 g/mol. The molecule has 5 rings (SSSR count). The van der Waals surface area contributed by atoms with Crippen molar-refractivity contribution in [3.05, 3.63) is 64.8 Å². The van der Waals surface area contributed by atoms with Crippen LogP contribution in [0.3, 0.4) is 0 Å². The number of hydrogen-bond donors (Lipinski definition) is 2. The summed E-state index contributed by atoms with van der Waals surface area (Å²) in [6.07, 6.45) is 3.23. The minimum atomic E-state index is -0.885. The quantitative estimate of drug-likeness (QED) is 0.676. The van der Waals surface area contributed by atoms with Crippen molar-refractivity contribution in [2.24, 2.45) is 0 Å². The second-order valence-corrected chi connectivity index (χ2v) is 8.45. The number of nitrogens with one attached hydrogen (secondary N) is 1. The molecule has 156 valence electrons. The molecule has 3 heterocycles. The number of rotatable bonds is 5. The second-order valence-electron chi connectivity index (χ2n) is 8.45. The fourth-order valence-corrected chi connectivity index (χ4v) is 5.00. The number of fused-ring (bicyclic) bond motifs is 2. The van der Waals surface area contributed by atoms with Gasteiger partial charge >= 0.3 is 5.97 Å². The van der Waals surface area contributed by atoms with Crippen molar-refractivity contribution in [1.29, 1.82) is 0 Å². The summed E-state index contributed by atoms with van der Waals surface area (Å²) >= 11 is 0. The van der Waals surface area contributed by atoms with Crippen LogP contribution in [0.1, 0.15) is 39.5 Å². The summed E-state index contributed by atoms with van der Waals surface area (Å²) in [6, 6.07) is 12.5. The monoisotopic (exact) mass is 405 g/mol. The van der Waals surface area contributed by atoms with Gasteiger partial charge in [0.1, 0.15) is 5.75 Å². The van der Waals surface area contributed by atoms with Crippen molar-refractivity contribution < 1.29 is 14.6 Å². The van der Waals surface area contributed by atoms with Crippen LogP contribution in [0.2, 0.25) is 0 Å². The molecule has 6 nitrogen and oxygen atoms in total. The van der Waals surface area contributed by atoms with Crippen LogP contribution in [-0.4, -0.2) is 58.6 Å². The Labute approximate surface area is 176 Å². The lowest BCUT2D eigenvalue weighted by Gasteiger charge is -2.52. The van der Waals surface area contributed by atoms with Crippen molar-refractivity contribution in [2.75, 3.05) is 26.7 Å². The molecule has 30 heavy (non-hydrogen) atoms. The lowest BCUT2D eigenvalue weighted by Crippen LogP contribution is -2.60. The number of aromatic amines is 1. The van der Waals surface area contributed by atoms with Crippen LogP contribution in [0.5, 0.6) is 5.75 Å². The SMILES string of the molecule is COc1cc(C)c2[nH]ccc2c1CN1C[C@@H]2CCN2C[C@@H]1c1ccc(C(=O)O)cc1. The molecule has 0 saturated carbocycles. The minimum Gasteiger partial charge on any atom is -0.496 e. The topological polar surface area (TPSA) is 68.8 Å². The molecule has 0 aliphatic carbocycles. The van der Waals surface area contributed by atoms with Gasteiger partial charge in [-0.05, 0) is 48.7 Å². The number of carboxylic acids is 1. The smallest absolute Gasteiger partial charge is 0.335 e. The summed E-state index contributed by atoms with van der Waals surface area (Å²) in [7, 11) is 1.74. The third-order valence-electron chi connectivity index (χ3n) is 6.79. The fraction of sp³-hybridized carbons (Fsp3) is 0.375. The summed E-state index contributed by atoms with van der Waals surface area (Å²) in [6.45, 7) is 6.03. The van der Waals surface area contributed by atoms with Gasteiger partial charge < -0.3 is 14.8 Å². The van der Waals surface area contributed by atoms with E-state index in [1.54, 1.807) is 19.2 Å². The van der Waals surface area contributed by atoms with E-state index in [4.69, 9.17) is 4.74 Å². The predicted molar refractivity (Wildman–Crippen MR) is 116 cm³/mol. The van der Waals surface area contributed by atoms with Gasteiger partial charge in [0.2, 0.25) is 0 Å². The van der Waals surface area contributed by atoms with Crippen LogP contribution in [0, 0.1) is 6.92 Å². The molecule has 3 aromatic rings. The van der Waals surface area contributed by atoms with Gasteiger partial charge in [-0.3, -0.25) is 9.80 Å². The molecule has 2 N–H and O–H groups in total. The van der Waals surface area contributed by atoms with E-state index >= 15 is 0 Å². The van der Waals surface area contributed by atoms with Crippen LogP contribution in [0.25, 0.3) is 10.9 Å². The van der Waals surface area contributed by atoms with Crippen LogP contribution in [0.15, 0.2) is 42.6 Å². The fourth-order valence-electron chi connectivity index (χ4n) is 5.00. The molecule has 2 fully saturated rings. The molecule has 0 spiro atoms. The number of nitrogens with zero attached hydrogens (tertiary/aromatic N) is 2. The number of methoxy groups -OCH3 is 1. The average molecular weight is 405 g/mol. The van der Waals surface area contributed by atoms with E-state index in [2.05, 4.69) is 33.8 Å². The number of carboxylic acid groups (broad SMARTS) is 1. The van der Waals surface area contributed by atoms with E-state index in [0.29, 0.717) is 11.6 Å². The first-order valence-corrected chi connectivity index (χ1v) is 10.5. The first kappa shape index (κ1) is 19.2. The number of piperazine rings is 1. The third-order valence-corrected chi connectivity index (χ3v) is 6.79. The zero-order valence-electron chi connectivity index (χ0n) is 17.4. The molecule has 0 bridgehead atoms. The molecule has 2 aliphatic rings. The Morgan fingerprint density at radius 1 is 1.23 bits per heavy atom. The van der Waals surface area contributed by atoms with Crippen molar-refractivity contribution in [3.63, 3.8) is 0 Å². The summed E-state index contributed by atoms with van der Waals surface area (Å²) in [4.78, 5) is 19.7. The molecule has 1 aromatic heterocycles. The second kappa shape index (κ2) is 7.45. The molecule has 0 unspecified atom stereocenters. The third kappa shape index (κ3) is 3.16. The van der Waals surface area contributed by atoms with E-state index in [9.17, 15) is 9.90 Å². The molecular formula is C24H27N3O3. The number of carbonyl (C=O) groups is 1. The molecule has 2 atom stereocenters. The van der Waals surface area contributed by atoms with Crippen LogP contribution < -0.4 is 4.74 Å². The lowest BCUT2D eigenvalue weighted by atomic mass is 9.91. The van der Waals surface area contributed by atoms with E-state index in [1.165, 1.54) is 28.5 Å². The number of aromatic nitrogens is 1. The molecule has 2 aliphatic heterocycles. The number of aromatic carboxylic acids is 1. The number of ether oxygens (including phenoxy) is 1. The normalized spacial score (nSPS) is 21.9. The first-order chi connectivity index (χ1) is 14.5. The number of H-pyrrole nitrogens is 1. The summed E-state index contributed by atoms with van der Waals surface area (Å²) in [5, 5.41) is 10.5. The van der Waals surface area contributed by atoms with Crippen molar-refractivity contribution in [1.82, 2.24) is 14.8 Å². The summed E-state index contributed by atoms with van der Waals surface area (Å²) in [5.41, 5.74) is 5.05. The van der Waals surface area contributed by atoms with Crippen molar-refractivity contribution >= 4 is 16.9 Å². The highest BCUT2D eigenvalue weighted by Crippen LogP contribution is 2.38. The zero-order valence-corrected chi connectivity index (χ0v) is 17.4. The molecule has 0 radical (unpaired) electrons. The number of benzene rings is 2. The van der Waals surface area contributed by atoms with Crippen LogP contribution in [0.4, 0.5) is 0 Å². The molecule has 2 aromatic carbocycles. The summed E-state index contributed by atoms with van der Waals surface area (Å²) < 4.78 is 5.77. The molecule has 0 amide bonds. The molecule has 6 heteroatoms. The van der Waals surface area contributed by atoms with Gasteiger partial charge in [0.25, 0.3) is 0 Å². The standard InChI is InChI=1S/C24H27N3O3/c1-15-11-22(30-2)20(19-7-9-25-23(15)19)13-27-12-18-8-10-26(18)14-21(27)16-3-5-17(6-4-16)24(28)29/h3-7,9,11,18,21,25H,8,10,12-14H2,1-2H3,(H,28,29)/t18-,21+/m0/s1. The largest absolute Gasteiger partial charge is 0.496 e.